The molecule has 1 fully saturated rings. The molecule has 10 heteroatoms. The summed E-state index contributed by atoms with van der Waals surface area (Å²) < 4.78 is 14.7. The van der Waals surface area contributed by atoms with Crippen molar-refractivity contribution in [3.05, 3.63) is 31.6 Å². The number of carboxylic acid groups (broad SMARTS) is 1. The molecule has 6 nitrogen and oxygen atoms in total. The van der Waals surface area contributed by atoms with Crippen molar-refractivity contribution in [3.8, 4) is 0 Å². The van der Waals surface area contributed by atoms with Gasteiger partial charge in [-0.1, -0.05) is 11.8 Å². The van der Waals surface area contributed by atoms with E-state index >= 15 is 0 Å². The van der Waals surface area contributed by atoms with E-state index in [1.807, 2.05) is 22.6 Å². The van der Waals surface area contributed by atoms with Gasteiger partial charge in [-0.3, -0.25) is 9.59 Å². The van der Waals surface area contributed by atoms with E-state index in [0.29, 0.717) is 13.6 Å². The molecule has 1 saturated heterocycles. The van der Waals surface area contributed by atoms with Crippen LogP contribution in [0.3, 0.4) is 0 Å². The van der Waals surface area contributed by atoms with Gasteiger partial charge < -0.3 is 10.4 Å². The fourth-order valence-electron chi connectivity index (χ4n) is 1.56. The number of carbonyl (C=O) groups is 2. The van der Waals surface area contributed by atoms with Crippen LogP contribution in [-0.4, -0.2) is 33.6 Å². The maximum Gasteiger partial charge on any atom is 0.305 e. The first-order valence-corrected chi connectivity index (χ1v) is 8.57. The van der Waals surface area contributed by atoms with Crippen LogP contribution in [0.25, 0.3) is 0 Å². The third kappa shape index (κ3) is 4.49. The van der Waals surface area contributed by atoms with E-state index in [4.69, 9.17) is 5.11 Å². The largest absolute Gasteiger partial charge is 0.481 e. The summed E-state index contributed by atoms with van der Waals surface area (Å²) in [6.45, 7) is 0. The average Bonchev–Trinajstić information content (AvgIpc) is 2.75. The third-order valence-corrected chi connectivity index (χ3v) is 6.05. The van der Waals surface area contributed by atoms with E-state index in [2.05, 4.69) is 31.4 Å². The highest BCUT2D eigenvalue weighted by atomic mass is 127. The van der Waals surface area contributed by atoms with Crippen molar-refractivity contribution in [2.45, 2.75) is 11.7 Å². The molecule has 0 spiro atoms. The van der Waals surface area contributed by atoms with Crippen LogP contribution >= 0.6 is 50.3 Å². The highest BCUT2D eigenvalue weighted by molar-refractivity contribution is 14.1. The Hall–Kier alpha value is -1.01. The second-order valence-corrected chi connectivity index (χ2v) is 7.28. The average molecular weight is 500 g/mol. The summed E-state index contributed by atoms with van der Waals surface area (Å²) in [7, 11) is 0. The summed E-state index contributed by atoms with van der Waals surface area (Å²) in [6, 6.07) is 2.67. The Balaban J connectivity index is 2.09. The fraction of sp³-hybridized carbons (Fsp3) is 0.167. The summed E-state index contributed by atoms with van der Waals surface area (Å²) in [5.74, 6) is -1.87. The lowest BCUT2D eigenvalue weighted by atomic mass is 10.2. The van der Waals surface area contributed by atoms with Gasteiger partial charge in [-0.15, -0.1) is 5.10 Å². The maximum atomic E-state index is 13.3. The second-order valence-electron chi connectivity index (χ2n) is 4.13. The predicted octanol–water partition coefficient (Wildman–Crippen LogP) is 2.59. The minimum absolute atomic E-state index is 0.217. The molecule has 1 unspecified atom stereocenters. The van der Waals surface area contributed by atoms with E-state index < -0.39 is 22.9 Å². The van der Waals surface area contributed by atoms with Gasteiger partial charge in [-0.25, -0.2) is 4.39 Å². The molecule has 0 aliphatic carbocycles. The number of amidine groups is 1. The first-order chi connectivity index (χ1) is 10.4. The van der Waals surface area contributed by atoms with Crippen molar-refractivity contribution >= 4 is 73.5 Å². The van der Waals surface area contributed by atoms with Crippen molar-refractivity contribution in [1.82, 2.24) is 5.32 Å². The molecule has 1 aliphatic rings. The van der Waals surface area contributed by atoms with Gasteiger partial charge in [0.2, 0.25) is 5.91 Å². The number of amides is 1. The van der Waals surface area contributed by atoms with Gasteiger partial charge in [0.25, 0.3) is 0 Å². The summed E-state index contributed by atoms with van der Waals surface area (Å²) in [5, 5.41) is 18.2. The maximum absolute atomic E-state index is 13.3. The Bertz CT molecular complexity index is 698. The Labute approximate surface area is 150 Å². The number of aliphatic carboxylic acids is 1. The molecule has 0 radical (unpaired) electrons. The van der Waals surface area contributed by atoms with E-state index in [9.17, 15) is 14.0 Å². The molecule has 0 saturated carbocycles. The van der Waals surface area contributed by atoms with Gasteiger partial charge in [0.1, 0.15) is 11.1 Å². The van der Waals surface area contributed by atoms with Crippen LogP contribution in [0.4, 0.5) is 4.39 Å². The van der Waals surface area contributed by atoms with Gasteiger partial charge in [0.05, 0.1) is 12.6 Å². The van der Waals surface area contributed by atoms with Crippen molar-refractivity contribution in [1.29, 1.82) is 0 Å². The zero-order chi connectivity index (χ0) is 16.3. The zero-order valence-electron chi connectivity index (χ0n) is 10.7. The molecule has 1 aromatic carbocycles. The van der Waals surface area contributed by atoms with Crippen LogP contribution < -0.4 is 5.32 Å². The number of nitrogens with one attached hydrogen (secondary N) is 1. The van der Waals surface area contributed by atoms with Crippen molar-refractivity contribution < 1.29 is 19.1 Å². The summed E-state index contributed by atoms with van der Waals surface area (Å²) in [6.07, 6.45) is 1.06. The first kappa shape index (κ1) is 17.3. The van der Waals surface area contributed by atoms with Crippen LogP contribution in [0.15, 0.2) is 26.8 Å². The number of thioether (sulfide) groups is 1. The molecule has 2 N–H and O–H groups in total. The van der Waals surface area contributed by atoms with E-state index in [0.717, 1.165) is 11.8 Å². The van der Waals surface area contributed by atoms with Crippen LogP contribution in [0.5, 0.6) is 0 Å². The van der Waals surface area contributed by atoms with Gasteiger partial charge in [-0.05, 0) is 50.7 Å². The summed E-state index contributed by atoms with van der Waals surface area (Å²) in [4.78, 5) is 22.1. The quantitative estimate of drug-likeness (QED) is 0.288. The number of halogens is 3. The highest BCUT2D eigenvalue weighted by Gasteiger charge is 2.32. The van der Waals surface area contributed by atoms with Crippen LogP contribution in [0, 0.1) is 9.39 Å². The smallest absolute Gasteiger partial charge is 0.305 e. The third-order valence-electron chi connectivity index (χ3n) is 2.50. The molecule has 0 aromatic heterocycles. The monoisotopic (exact) mass is 499 g/mol. The Morgan fingerprint density at radius 2 is 2.32 bits per heavy atom. The lowest BCUT2D eigenvalue weighted by molar-refractivity contribution is -0.138. The van der Waals surface area contributed by atoms with Gasteiger partial charge in [0.15, 0.2) is 5.17 Å². The molecule has 1 amide bonds. The zero-order valence-corrected chi connectivity index (χ0v) is 15.3. The lowest BCUT2D eigenvalue weighted by Gasteiger charge is -2.00. The number of carbonyl (C=O) groups excluding carboxylic acids is 1. The molecule has 22 heavy (non-hydrogen) atoms. The molecule has 1 aromatic rings. The minimum atomic E-state index is -1.06. The molecule has 0 bridgehead atoms. The Kier molecular flexibility index (Phi) is 5.92. The molecule has 116 valence electrons. The van der Waals surface area contributed by atoms with Crippen LogP contribution in [0.2, 0.25) is 0 Å². The highest BCUT2D eigenvalue weighted by Crippen LogP contribution is 2.24. The molecular formula is C12H8BrFIN3O3S. The van der Waals surface area contributed by atoms with E-state index in [1.54, 1.807) is 0 Å². The number of hydrogen-bond donors (Lipinski definition) is 2. The van der Waals surface area contributed by atoms with Crippen LogP contribution in [-0.2, 0) is 9.59 Å². The van der Waals surface area contributed by atoms with Gasteiger partial charge in [0, 0.05) is 13.6 Å². The van der Waals surface area contributed by atoms with E-state index in [1.165, 1.54) is 18.3 Å². The Morgan fingerprint density at radius 3 is 3.00 bits per heavy atom. The Morgan fingerprint density at radius 1 is 1.59 bits per heavy atom. The van der Waals surface area contributed by atoms with Crippen molar-refractivity contribution in [3.63, 3.8) is 0 Å². The molecule has 1 aliphatic heterocycles. The van der Waals surface area contributed by atoms with Crippen molar-refractivity contribution in [2.75, 3.05) is 0 Å². The number of rotatable bonds is 4. The topological polar surface area (TPSA) is 91.1 Å². The number of nitrogens with zero attached hydrogens (tertiary/aromatic N) is 2. The fourth-order valence-corrected chi connectivity index (χ4v) is 3.41. The van der Waals surface area contributed by atoms with Crippen LogP contribution in [0.1, 0.15) is 12.0 Å². The molecule has 2 rings (SSSR count). The number of hydrogen-bond acceptors (Lipinski definition) is 5. The molecular weight excluding hydrogens is 492 g/mol. The van der Waals surface area contributed by atoms with Gasteiger partial charge in [-0.2, -0.15) is 5.10 Å². The second kappa shape index (κ2) is 7.51. The minimum Gasteiger partial charge on any atom is -0.481 e. The molecule has 1 heterocycles. The lowest BCUT2D eigenvalue weighted by Crippen LogP contribution is -2.26. The molecule has 1 atom stereocenters. The normalized spacial score (nSPS) is 19.9. The standard InChI is InChI=1S/C12H8BrFIN3O3S/c13-10-5(1-6(14)2-7(10)15)4-16-18-12-17-11(21)8(22-12)3-9(19)20/h1-2,4,8H,3H2,(H,19,20)(H,17,18,21). The van der Waals surface area contributed by atoms with Gasteiger partial charge >= 0.3 is 5.97 Å². The number of carboxylic acids is 1. The van der Waals surface area contributed by atoms with E-state index in [-0.39, 0.29) is 11.6 Å². The van der Waals surface area contributed by atoms with Crippen molar-refractivity contribution in [2.24, 2.45) is 10.2 Å². The predicted molar refractivity (Wildman–Crippen MR) is 93.6 cm³/mol. The SMILES string of the molecule is O=C(O)CC1SC(=NN=Cc2cc(F)cc(I)c2Br)NC1=O. The summed E-state index contributed by atoms with van der Waals surface area (Å²) >= 11 is 6.30. The first-order valence-electron chi connectivity index (χ1n) is 5.81. The summed E-state index contributed by atoms with van der Waals surface area (Å²) in [5.41, 5.74) is 0.505. The number of benzene rings is 1.